The van der Waals surface area contributed by atoms with Crippen molar-refractivity contribution >= 4 is 11.6 Å². The van der Waals surface area contributed by atoms with Crippen LogP contribution in [0.2, 0.25) is 5.02 Å². The molecule has 0 radical (unpaired) electrons. The lowest BCUT2D eigenvalue weighted by Crippen LogP contribution is -2.23. The van der Waals surface area contributed by atoms with Crippen molar-refractivity contribution in [3.05, 3.63) is 75.3 Å². The van der Waals surface area contributed by atoms with Gasteiger partial charge in [0.2, 0.25) is 0 Å². The molecule has 29 heavy (non-hydrogen) atoms. The van der Waals surface area contributed by atoms with E-state index in [9.17, 15) is 4.79 Å². The van der Waals surface area contributed by atoms with Gasteiger partial charge in [-0.3, -0.25) is 4.68 Å². The number of rotatable bonds is 5. The van der Waals surface area contributed by atoms with Crippen LogP contribution in [0.5, 0.6) is 5.75 Å². The van der Waals surface area contributed by atoms with Crippen molar-refractivity contribution < 1.29 is 4.74 Å². The number of aryl methyl sites for hydroxylation is 3. The van der Waals surface area contributed by atoms with Crippen LogP contribution >= 0.6 is 11.6 Å². The molecular weight excluding hydrogens is 392 g/mol. The summed E-state index contributed by atoms with van der Waals surface area (Å²) in [6.07, 6.45) is 1.88. The summed E-state index contributed by atoms with van der Waals surface area (Å²) in [6.45, 7) is 2.18. The SMILES string of the molecule is Cc1cccc(-n2nnn(C)c2=O)c1COc1ccc(-c2ccn(C)n2)cc1Cl. The molecular formula is C20H19ClN6O2. The maximum absolute atomic E-state index is 12.3. The Morgan fingerprint density at radius 2 is 1.93 bits per heavy atom. The molecule has 2 aromatic heterocycles. The van der Waals surface area contributed by atoms with Gasteiger partial charge in [0.15, 0.2) is 0 Å². The van der Waals surface area contributed by atoms with Crippen molar-refractivity contribution in [2.75, 3.05) is 0 Å². The normalized spacial score (nSPS) is 11.0. The van der Waals surface area contributed by atoms with Gasteiger partial charge < -0.3 is 4.74 Å². The Balaban J connectivity index is 1.61. The average molecular weight is 411 g/mol. The van der Waals surface area contributed by atoms with E-state index in [2.05, 4.69) is 15.5 Å². The zero-order valence-electron chi connectivity index (χ0n) is 16.2. The lowest BCUT2D eigenvalue weighted by molar-refractivity contribution is 0.305. The minimum atomic E-state index is -0.324. The Morgan fingerprint density at radius 3 is 2.59 bits per heavy atom. The number of benzene rings is 2. The lowest BCUT2D eigenvalue weighted by atomic mass is 10.1. The monoisotopic (exact) mass is 410 g/mol. The number of ether oxygens (including phenoxy) is 1. The van der Waals surface area contributed by atoms with E-state index in [1.54, 1.807) is 11.7 Å². The van der Waals surface area contributed by atoms with Crippen LogP contribution in [0.15, 0.2) is 53.5 Å². The third-order valence-electron chi connectivity index (χ3n) is 4.65. The van der Waals surface area contributed by atoms with Crippen LogP contribution in [0.4, 0.5) is 0 Å². The molecule has 0 amide bonds. The van der Waals surface area contributed by atoms with Gasteiger partial charge in [-0.2, -0.15) is 14.5 Å². The van der Waals surface area contributed by atoms with Crippen LogP contribution < -0.4 is 10.4 Å². The molecule has 0 aliphatic heterocycles. The van der Waals surface area contributed by atoms with Gasteiger partial charge in [0.05, 0.1) is 16.4 Å². The van der Waals surface area contributed by atoms with Gasteiger partial charge in [0, 0.05) is 31.4 Å². The van der Waals surface area contributed by atoms with Gasteiger partial charge in [-0.15, -0.1) is 0 Å². The molecule has 2 heterocycles. The van der Waals surface area contributed by atoms with E-state index in [4.69, 9.17) is 16.3 Å². The summed E-state index contributed by atoms with van der Waals surface area (Å²) in [6, 6.07) is 13.1. The van der Waals surface area contributed by atoms with Crippen molar-refractivity contribution in [3.63, 3.8) is 0 Å². The molecule has 0 bridgehead atoms. The molecule has 0 N–H and O–H groups in total. The van der Waals surface area contributed by atoms with Gasteiger partial charge in [0.1, 0.15) is 12.4 Å². The molecule has 4 rings (SSSR count). The van der Waals surface area contributed by atoms with E-state index < -0.39 is 0 Å². The summed E-state index contributed by atoms with van der Waals surface area (Å²) < 4.78 is 10.2. The topological polar surface area (TPSA) is 79.8 Å². The highest BCUT2D eigenvalue weighted by Gasteiger charge is 2.14. The summed E-state index contributed by atoms with van der Waals surface area (Å²) in [5, 5.41) is 12.6. The molecule has 0 saturated carbocycles. The van der Waals surface area contributed by atoms with E-state index in [-0.39, 0.29) is 12.3 Å². The Kier molecular flexibility index (Phi) is 4.94. The van der Waals surface area contributed by atoms with Gasteiger partial charge in [0.25, 0.3) is 0 Å². The first-order valence-corrected chi connectivity index (χ1v) is 9.32. The molecule has 0 aliphatic carbocycles. The van der Waals surface area contributed by atoms with Gasteiger partial charge >= 0.3 is 5.69 Å². The highest BCUT2D eigenvalue weighted by Crippen LogP contribution is 2.31. The van der Waals surface area contributed by atoms with Gasteiger partial charge in [-0.05, 0) is 53.2 Å². The second-order valence-corrected chi connectivity index (χ2v) is 7.09. The first kappa shape index (κ1) is 18.9. The van der Waals surface area contributed by atoms with Crippen LogP contribution in [0.25, 0.3) is 16.9 Å². The first-order chi connectivity index (χ1) is 13.9. The van der Waals surface area contributed by atoms with Crippen LogP contribution in [-0.4, -0.2) is 29.6 Å². The Labute approximate surface area is 171 Å². The number of hydrogen-bond acceptors (Lipinski definition) is 5. The molecule has 8 nitrogen and oxygen atoms in total. The van der Waals surface area contributed by atoms with E-state index in [1.807, 2.05) is 62.6 Å². The second-order valence-electron chi connectivity index (χ2n) is 6.68. The van der Waals surface area contributed by atoms with Crippen LogP contribution in [-0.2, 0) is 20.7 Å². The maximum Gasteiger partial charge on any atom is 0.368 e. The van der Waals surface area contributed by atoms with E-state index in [1.165, 1.54) is 9.36 Å². The fourth-order valence-electron chi connectivity index (χ4n) is 3.03. The van der Waals surface area contributed by atoms with E-state index in [0.29, 0.717) is 16.5 Å². The van der Waals surface area contributed by atoms with Crippen molar-refractivity contribution in [3.8, 4) is 22.7 Å². The molecule has 0 fully saturated rings. The van der Waals surface area contributed by atoms with Crippen LogP contribution in [0.3, 0.4) is 0 Å². The summed E-state index contributed by atoms with van der Waals surface area (Å²) >= 11 is 6.44. The molecule has 2 aromatic carbocycles. The zero-order valence-corrected chi connectivity index (χ0v) is 17.0. The molecule has 9 heteroatoms. The summed E-state index contributed by atoms with van der Waals surface area (Å²) in [5.74, 6) is 0.548. The van der Waals surface area contributed by atoms with Crippen molar-refractivity contribution in [2.45, 2.75) is 13.5 Å². The predicted molar refractivity (Wildman–Crippen MR) is 109 cm³/mol. The number of nitrogens with zero attached hydrogens (tertiary/aromatic N) is 6. The molecule has 0 saturated heterocycles. The highest BCUT2D eigenvalue weighted by atomic mass is 35.5. The van der Waals surface area contributed by atoms with E-state index in [0.717, 1.165) is 22.4 Å². The maximum atomic E-state index is 12.3. The Hall–Kier alpha value is -3.39. The number of tetrazole rings is 1. The average Bonchev–Trinajstić information content (AvgIpc) is 3.27. The van der Waals surface area contributed by atoms with Crippen LogP contribution in [0.1, 0.15) is 11.1 Å². The molecule has 0 unspecified atom stereocenters. The summed E-state index contributed by atoms with van der Waals surface area (Å²) in [5.41, 5.74) is 3.86. The third-order valence-corrected chi connectivity index (χ3v) is 4.94. The summed E-state index contributed by atoms with van der Waals surface area (Å²) in [7, 11) is 3.42. The fraction of sp³-hybridized carbons (Fsp3) is 0.200. The van der Waals surface area contributed by atoms with Crippen LogP contribution in [0, 0.1) is 6.92 Å². The smallest absolute Gasteiger partial charge is 0.368 e. The van der Waals surface area contributed by atoms with Crippen molar-refractivity contribution in [1.29, 1.82) is 0 Å². The zero-order chi connectivity index (χ0) is 20.5. The van der Waals surface area contributed by atoms with Crippen molar-refractivity contribution in [1.82, 2.24) is 29.6 Å². The minimum absolute atomic E-state index is 0.230. The Bertz CT molecular complexity index is 1240. The summed E-state index contributed by atoms with van der Waals surface area (Å²) in [4.78, 5) is 12.3. The molecule has 148 valence electrons. The third kappa shape index (κ3) is 3.66. The largest absolute Gasteiger partial charge is 0.487 e. The quantitative estimate of drug-likeness (QED) is 0.505. The highest BCUT2D eigenvalue weighted by molar-refractivity contribution is 6.32. The number of hydrogen-bond donors (Lipinski definition) is 0. The number of halogens is 1. The first-order valence-electron chi connectivity index (χ1n) is 8.94. The lowest BCUT2D eigenvalue weighted by Gasteiger charge is -2.14. The molecule has 0 aliphatic rings. The van der Waals surface area contributed by atoms with Gasteiger partial charge in [-0.25, -0.2) is 4.79 Å². The predicted octanol–water partition coefficient (Wildman–Crippen LogP) is 2.91. The standard InChI is InChI=1S/C20H19ClN6O2/c1-13-5-4-6-18(27-20(28)26(3)23-24-27)15(13)12-29-19-8-7-14(11-16(19)21)17-9-10-25(2)22-17/h4-11H,12H2,1-3H3. The molecule has 4 aromatic rings. The van der Waals surface area contributed by atoms with E-state index >= 15 is 0 Å². The molecule has 0 atom stereocenters. The Morgan fingerprint density at radius 1 is 1.10 bits per heavy atom. The number of aromatic nitrogens is 6. The second kappa shape index (κ2) is 7.56. The van der Waals surface area contributed by atoms with Gasteiger partial charge in [-0.1, -0.05) is 23.7 Å². The minimum Gasteiger partial charge on any atom is -0.487 e. The van der Waals surface area contributed by atoms with Crippen molar-refractivity contribution in [2.24, 2.45) is 14.1 Å². The molecule has 0 spiro atoms. The fourth-order valence-corrected chi connectivity index (χ4v) is 3.27.